The van der Waals surface area contributed by atoms with Gasteiger partial charge in [0.15, 0.2) is 0 Å². The quantitative estimate of drug-likeness (QED) is 0.472. The zero-order chi connectivity index (χ0) is 13.8. The molecule has 0 saturated heterocycles. The Balaban J connectivity index is 0. The minimum absolute atomic E-state index is 0. The van der Waals surface area contributed by atoms with Gasteiger partial charge in [-0.25, -0.2) is 4.98 Å². The van der Waals surface area contributed by atoms with Crippen LogP contribution in [0.5, 0.6) is 0 Å². The number of hydrogen-bond acceptors (Lipinski definition) is 3. The van der Waals surface area contributed by atoms with Crippen molar-refractivity contribution in [2.45, 2.75) is 65.8 Å². The Morgan fingerprint density at radius 3 is 2.21 bits per heavy atom. The molecule has 0 atom stereocenters. The number of imidazole rings is 1. The fourth-order valence-corrected chi connectivity index (χ4v) is 1.58. The molecule has 0 aliphatic heterocycles. The minimum atomic E-state index is 0. The van der Waals surface area contributed by atoms with Gasteiger partial charge in [0.05, 0.1) is 6.54 Å². The Hall–Kier alpha value is -0.870. The summed E-state index contributed by atoms with van der Waals surface area (Å²) in [6.45, 7) is 6.81. The highest BCUT2D eigenvalue weighted by molar-refractivity contribution is 5.85. The first-order chi connectivity index (χ1) is 8.71. The number of nitrogens with one attached hydrogen (secondary N) is 1. The van der Waals surface area contributed by atoms with Crippen molar-refractivity contribution in [1.82, 2.24) is 9.55 Å². The van der Waals surface area contributed by atoms with Crippen LogP contribution >= 0.6 is 12.4 Å². The second-order valence-electron chi connectivity index (χ2n) is 4.28. The number of hydrogen-bond donors (Lipinski definition) is 2. The smallest absolute Gasteiger partial charge is 0.127 e. The van der Waals surface area contributed by atoms with E-state index in [0.717, 1.165) is 5.82 Å². The van der Waals surface area contributed by atoms with Gasteiger partial charge in [0.1, 0.15) is 11.7 Å². The standard InChI is InChI=1S/C7H12N4.C7H16.ClH/c1-2-6(9)11-4-3-10-7(11)5-8;1-3-5-7-6-4-2;/h3-4,9H,2,5,8H2,1H3;3-7H2,1-2H3;1H. The van der Waals surface area contributed by atoms with Crippen molar-refractivity contribution in [3.05, 3.63) is 18.2 Å². The van der Waals surface area contributed by atoms with Gasteiger partial charge in [-0.2, -0.15) is 0 Å². The molecule has 19 heavy (non-hydrogen) atoms. The van der Waals surface area contributed by atoms with Crippen molar-refractivity contribution < 1.29 is 0 Å². The second-order valence-corrected chi connectivity index (χ2v) is 4.28. The lowest BCUT2D eigenvalue weighted by molar-refractivity contribution is 0.656. The molecule has 0 aliphatic rings. The van der Waals surface area contributed by atoms with E-state index in [1.807, 2.05) is 6.92 Å². The molecule has 0 fully saturated rings. The van der Waals surface area contributed by atoms with Crippen LogP contribution in [0.3, 0.4) is 0 Å². The van der Waals surface area contributed by atoms with Gasteiger partial charge >= 0.3 is 0 Å². The minimum Gasteiger partial charge on any atom is -0.324 e. The molecule has 0 aromatic carbocycles. The van der Waals surface area contributed by atoms with Crippen LogP contribution in [0, 0.1) is 5.41 Å². The summed E-state index contributed by atoms with van der Waals surface area (Å²) in [6, 6.07) is 0. The number of unbranched alkanes of at least 4 members (excludes halogenated alkanes) is 4. The summed E-state index contributed by atoms with van der Waals surface area (Å²) in [5, 5.41) is 7.51. The third kappa shape index (κ3) is 8.78. The largest absolute Gasteiger partial charge is 0.324 e. The fraction of sp³-hybridized carbons (Fsp3) is 0.714. The lowest BCUT2D eigenvalue weighted by Crippen LogP contribution is -2.14. The van der Waals surface area contributed by atoms with Gasteiger partial charge in [-0.3, -0.25) is 9.98 Å². The fourth-order valence-electron chi connectivity index (χ4n) is 1.58. The van der Waals surface area contributed by atoms with Crippen molar-refractivity contribution in [3.8, 4) is 0 Å². The first-order valence-corrected chi connectivity index (χ1v) is 7.01. The first-order valence-electron chi connectivity index (χ1n) is 7.01. The third-order valence-electron chi connectivity index (χ3n) is 2.73. The number of halogens is 1. The second kappa shape index (κ2) is 13.6. The number of rotatable bonds is 6. The van der Waals surface area contributed by atoms with Gasteiger partial charge in [-0.05, 0) is 0 Å². The summed E-state index contributed by atoms with van der Waals surface area (Å²) in [7, 11) is 0. The van der Waals surface area contributed by atoms with E-state index in [9.17, 15) is 0 Å². The molecule has 0 spiro atoms. The predicted molar refractivity (Wildman–Crippen MR) is 85.2 cm³/mol. The predicted octanol–water partition coefficient (Wildman–Crippen LogP) is 3.98. The molecule has 0 amide bonds. The van der Waals surface area contributed by atoms with Crippen LogP contribution in [-0.4, -0.2) is 15.4 Å². The average molecular weight is 289 g/mol. The summed E-state index contributed by atoms with van der Waals surface area (Å²) in [5.41, 5.74) is 5.41. The van der Waals surface area contributed by atoms with E-state index in [1.54, 1.807) is 17.0 Å². The van der Waals surface area contributed by atoms with Crippen molar-refractivity contribution >= 4 is 18.2 Å². The van der Waals surface area contributed by atoms with Crippen molar-refractivity contribution in [3.63, 3.8) is 0 Å². The molecule has 4 nitrogen and oxygen atoms in total. The molecule has 5 heteroatoms. The van der Waals surface area contributed by atoms with Crippen LogP contribution in [0.15, 0.2) is 12.4 Å². The summed E-state index contributed by atoms with van der Waals surface area (Å²) in [6.07, 6.45) is 11.1. The van der Waals surface area contributed by atoms with Gasteiger partial charge < -0.3 is 5.73 Å². The Morgan fingerprint density at radius 2 is 1.79 bits per heavy atom. The molecule has 0 bridgehead atoms. The molecule has 0 aliphatic carbocycles. The van der Waals surface area contributed by atoms with E-state index in [1.165, 1.54) is 32.1 Å². The highest BCUT2D eigenvalue weighted by Crippen LogP contribution is 2.00. The highest BCUT2D eigenvalue weighted by Gasteiger charge is 2.02. The van der Waals surface area contributed by atoms with Crippen LogP contribution in [0.4, 0.5) is 0 Å². The number of nitrogens with two attached hydrogens (primary N) is 1. The maximum absolute atomic E-state index is 7.51. The molecular weight excluding hydrogens is 260 g/mol. The van der Waals surface area contributed by atoms with Crippen LogP contribution < -0.4 is 5.73 Å². The van der Waals surface area contributed by atoms with E-state index < -0.39 is 0 Å². The zero-order valence-electron chi connectivity index (χ0n) is 12.5. The van der Waals surface area contributed by atoms with Crippen LogP contribution in [-0.2, 0) is 6.54 Å². The molecule has 1 aromatic heterocycles. The Morgan fingerprint density at radius 1 is 1.21 bits per heavy atom. The molecule has 112 valence electrons. The molecule has 0 radical (unpaired) electrons. The molecule has 1 aromatic rings. The van der Waals surface area contributed by atoms with Gasteiger partial charge in [0.2, 0.25) is 0 Å². The molecule has 3 N–H and O–H groups in total. The molecule has 1 rings (SSSR count). The SMILES string of the molecule is CCC(=N)n1ccnc1CN.CCCCCCC.Cl. The third-order valence-corrected chi connectivity index (χ3v) is 2.73. The van der Waals surface area contributed by atoms with Crippen LogP contribution in [0.25, 0.3) is 0 Å². The van der Waals surface area contributed by atoms with E-state index in [0.29, 0.717) is 18.8 Å². The first kappa shape index (κ1) is 20.4. The van der Waals surface area contributed by atoms with E-state index in [-0.39, 0.29) is 12.4 Å². The maximum atomic E-state index is 7.51. The lowest BCUT2D eigenvalue weighted by Gasteiger charge is -2.04. The van der Waals surface area contributed by atoms with Crippen LogP contribution in [0.1, 0.15) is 65.1 Å². The topological polar surface area (TPSA) is 67.7 Å². The van der Waals surface area contributed by atoms with Crippen molar-refractivity contribution in [1.29, 1.82) is 5.41 Å². The van der Waals surface area contributed by atoms with Gasteiger partial charge in [-0.15, -0.1) is 12.4 Å². The molecule has 0 saturated carbocycles. The van der Waals surface area contributed by atoms with Gasteiger partial charge in [0, 0.05) is 18.8 Å². The monoisotopic (exact) mass is 288 g/mol. The Kier molecular flexibility index (Phi) is 14.6. The van der Waals surface area contributed by atoms with Crippen molar-refractivity contribution in [2.75, 3.05) is 0 Å². The summed E-state index contributed by atoms with van der Waals surface area (Å²) in [5.74, 6) is 1.28. The lowest BCUT2D eigenvalue weighted by atomic mass is 10.2. The summed E-state index contributed by atoms with van der Waals surface area (Å²) in [4.78, 5) is 4.00. The highest BCUT2D eigenvalue weighted by atomic mass is 35.5. The van der Waals surface area contributed by atoms with E-state index in [4.69, 9.17) is 11.1 Å². The Labute approximate surface area is 123 Å². The molecular formula is C14H29ClN4. The maximum Gasteiger partial charge on any atom is 0.127 e. The number of nitrogens with zero attached hydrogens (tertiary/aromatic N) is 2. The van der Waals surface area contributed by atoms with E-state index in [2.05, 4.69) is 18.8 Å². The molecule has 0 unspecified atom stereocenters. The van der Waals surface area contributed by atoms with E-state index >= 15 is 0 Å². The van der Waals surface area contributed by atoms with Gasteiger partial charge in [0.25, 0.3) is 0 Å². The number of aromatic nitrogens is 2. The Bertz CT molecular complexity index is 319. The summed E-state index contributed by atoms with van der Waals surface area (Å²) >= 11 is 0. The summed E-state index contributed by atoms with van der Waals surface area (Å²) < 4.78 is 1.71. The van der Waals surface area contributed by atoms with Crippen LogP contribution in [0.2, 0.25) is 0 Å². The van der Waals surface area contributed by atoms with Crippen molar-refractivity contribution in [2.24, 2.45) is 5.73 Å². The normalized spacial score (nSPS) is 9.26. The molecule has 1 heterocycles. The van der Waals surface area contributed by atoms with Gasteiger partial charge in [-0.1, -0.05) is 52.9 Å². The average Bonchev–Trinajstić information content (AvgIpc) is 2.87. The zero-order valence-corrected chi connectivity index (χ0v) is 13.3.